The Hall–Kier alpha value is -3.55. The number of benzene rings is 3. The van der Waals surface area contributed by atoms with Gasteiger partial charge in [-0.05, 0) is 80.6 Å². The van der Waals surface area contributed by atoms with Crippen molar-refractivity contribution in [1.29, 1.82) is 0 Å². The van der Waals surface area contributed by atoms with Crippen LogP contribution in [0.2, 0.25) is 10.0 Å². The summed E-state index contributed by atoms with van der Waals surface area (Å²) in [5.74, 6) is 0.112. The molecule has 1 heterocycles. The van der Waals surface area contributed by atoms with Gasteiger partial charge in [-0.2, -0.15) is 0 Å². The molecule has 2 fully saturated rings. The maximum absolute atomic E-state index is 14.1. The van der Waals surface area contributed by atoms with E-state index in [1.54, 1.807) is 48.4 Å². The summed E-state index contributed by atoms with van der Waals surface area (Å²) in [6.07, 6.45) is 4.72. The van der Waals surface area contributed by atoms with Crippen LogP contribution in [0.4, 0.5) is 0 Å². The molecule has 3 amide bonds. The summed E-state index contributed by atoms with van der Waals surface area (Å²) in [5.41, 5.74) is 3.05. The molecule has 43 heavy (non-hydrogen) atoms. The normalized spacial score (nSPS) is 20.0. The molecule has 7 nitrogen and oxygen atoms in total. The van der Waals surface area contributed by atoms with Crippen LogP contribution in [0.1, 0.15) is 70.4 Å². The molecule has 3 aromatic rings. The molecule has 0 aromatic heterocycles. The molecule has 0 bridgehead atoms. The van der Waals surface area contributed by atoms with Gasteiger partial charge in [0.2, 0.25) is 5.91 Å². The number of methoxy groups -OCH3 is 1. The van der Waals surface area contributed by atoms with E-state index in [-0.39, 0.29) is 34.8 Å². The minimum absolute atomic E-state index is 0.0923. The van der Waals surface area contributed by atoms with E-state index in [9.17, 15) is 14.4 Å². The van der Waals surface area contributed by atoms with E-state index in [0.717, 1.165) is 43.2 Å². The summed E-state index contributed by atoms with van der Waals surface area (Å²) in [4.78, 5) is 44.8. The van der Waals surface area contributed by atoms with Crippen molar-refractivity contribution < 1.29 is 19.1 Å². The molecule has 1 saturated heterocycles. The van der Waals surface area contributed by atoms with Crippen LogP contribution in [-0.4, -0.2) is 59.3 Å². The second-order valence-electron chi connectivity index (χ2n) is 11.4. The van der Waals surface area contributed by atoms with Gasteiger partial charge in [-0.25, -0.2) is 0 Å². The Morgan fingerprint density at radius 1 is 0.953 bits per heavy atom. The number of hydrogen-bond donors (Lipinski definition) is 1. The third kappa shape index (κ3) is 7.16. The second-order valence-corrected chi connectivity index (χ2v) is 12.2. The summed E-state index contributed by atoms with van der Waals surface area (Å²) in [7, 11) is 1.60. The molecule has 0 unspecified atom stereocenters. The lowest BCUT2D eigenvalue weighted by Gasteiger charge is -2.41. The van der Waals surface area contributed by atoms with Crippen LogP contribution in [0.25, 0.3) is 0 Å². The number of aryl methyl sites for hydroxylation is 1. The molecule has 2 aliphatic rings. The van der Waals surface area contributed by atoms with Crippen molar-refractivity contribution in [3.8, 4) is 5.75 Å². The van der Waals surface area contributed by atoms with Gasteiger partial charge >= 0.3 is 0 Å². The Morgan fingerprint density at radius 3 is 2.44 bits per heavy atom. The lowest BCUT2D eigenvalue weighted by atomic mass is 9.88. The minimum Gasteiger partial charge on any atom is -0.497 e. The highest BCUT2D eigenvalue weighted by Gasteiger charge is 2.39. The molecular weight excluding hydrogens is 585 g/mol. The Kier molecular flexibility index (Phi) is 9.93. The van der Waals surface area contributed by atoms with Gasteiger partial charge in [0.15, 0.2) is 0 Å². The fourth-order valence-electron chi connectivity index (χ4n) is 6.28. The fourth-order valence-corrected chi connectivity index (χ4v) is 6.77. The van der Waals surface area contributed by atoms with E-state index >= 15 is 0 Å². The standard InChI is InChI=1S/C34H37Cl2N3O4/c1-22-7-5-8-23(19-22)21-39(33(41)24-12-15-26(43-2)16-13-24)30-10-4-3-9-29(30)37-32(40)31-11-6-18-38(31)34(42)27-17-14-25(35)20-28(27)36/h5,7-8,12-17,19-20,29-31H,3-4,6,9-11,18,21H2,1-2H3,(H,37,40)/t29-,30-,31+/m1/s1. The van der Waals surface area contributed by atoms with Crippen LogP contribution < -0.4 is 10.1 Å². The van der Waals surface area contributed by atoms with E-state index in [1.807, 2.05) is 30.0 Å². The van der Waals surface area contributed by atoms with Gasteiger partial charge < -0.3 is 19.9 Å². The van der Waals surface area contributed by atoms with Crippen LogP contribution in [-0.2, 0) is 11.3 Å². The highest BCUT2D eigenvalue weighted by atomic mass is 35.5. The van der Waals surface area contributed by atoms with Crippen LogP contribution in [0.3, 0.4) is 0 Å². The summed E-state index contributed by atoms with van der Waals surface area (Å²) in [6, 6.07) is 19.0. The zero-order chi connectivity index (χ0) is 30.5. The van der Waals surface area contributed by atoms with Crippen LogP contribution in [0, 0.1) is 6.92 Å². The van der Waals surface area contributed by atoms with Crippen molar-refractivity contribution in [2.45, 2.75) is 70.1 Å². The predicted octanol–water partition coefficient (Wildman–Crippen LogP) is 6.69. The number of carbonyl (C=O) groups excluding carboxylic acids is 3. The van der Waals surface area contributed by atoms with E-state index in [1.165, 1.54) is 6.07 Å². The minimum atomic E-state index is -0.607. The van der Waals surface area contributed by atoms with Crippen molar-refractivity contribution in [3.63, 3.8) is 0 Å². The first-order valence-electron chi connectivity index (χ1n) is 14.8. The van der Waals surface area contributed by atoms with Gasteiger partial charge in [0.1, 0.15) is 11.8 Å². The first kappa shape index (κ1) is 30.9. The Morgan fingerprint density at radius 2 is 1.72 bits per heavy atom. The Labute approximate surface area is 263 Å². The van der Waals surface area contributed by atoms with E-state index in [2.05, 4.69) is 11.4 Å². The molecule has 0 spiro atoms. The van der Waals surface area contributed by atoms with Crippen molar-refractivity contribution >= 4 is 40.9 Å². The third-order valence-corrected chi connectivity index (χ3v) is 9.02. The van der Waals surface area contributed by atoms with Gasteiger partial charge in [-0.15, -0.1) is 0 Å². The number of halogens is 2. The Bertz CT molecular complexity index is 1480. The fraction of sp³-hybridized carbons (Fsp3) is 0.382. The first-order chi connectivity index (χ1) is 20.7. The summed E-state index contributed by atoms with van der Waals surface area (Å²) in [6.45, 7) is 2.93. The van der Waals surface area contributed by atoms with Gasteiger partial charge in [-0.1, -0.05) is 65.9 Å². The molecular formula is C34H37Cl2N3O4. The topological polar surface area (TPSA) is 79.0 Å². The van der Waals surface area contributed by atoms with Gasteiger partial charge in [0, 0.05) is 29.7 Å². The van der Waals surface area contributed by atoms with Crippen LogP contribution >= 0.6 is 23.2 Å². The quantitative estimate of drug-likeness (QED) is 0.304. The highest BCUT2D eigenvalue weighted by molar-refractivity contribution is 6.36. The largest absolute Gasteiger partial charge is 0.497 e. The summed E-state index contributed by atoms with van der Waals surface area (Å²) >= 11 is 12.4. The number of amides is 3. The number of ether oxygens (including phenoxy) is 1. The molecule has 3 aromatic carbocycles. The van der Waals surface area contributed by atoms with Gasteiger partial charge in [0.25, 0.3) is 11.8 Å². The van der Waals surface area contributed by atoms with Crippen molar-refractivity contribution in [2.24, 2.45) is 0 Å². The predicted molar refractivity (Wildman–Crippen MR) is 169 cm³/mol. The molecule has 0 radical (unpaired) electrons. The van der Waals surface area contributed by atoms with Crippen molar-refractivity contribution in [1.82, 2.24) is 15.1 Å². The highest BCUT2D eigenvalue weighted by Crippen LogP contribution is 2.30. The van der Waals surface area contributed by atoms with E-state index in [0.29, 0.717) is 41.4 Å². The molecule has 1 aliphatic carbocycles. The molecule has 1 saturated carbocycles. The smallest absolute Gasteiger partial charge is 0.256 e. The first-order valence-corrected chi connectivity index (χ1v) is 15.6. The van der Waals surface area contributed by atoms with Crippen molar-refractivity contribution in [2.75, 3.05) is 13.7 Å². The van der Waals surface area contributed by atoms with Crippen molar-refractivity contribution in [3.05, 3.63) is 99.0 Å². The zero-order valence-corrected chi connectivity index (χ0v) is 26.0. The van der Waals surface area contributed by atoms with Crippen LogP contribution in [0.5, 0.6) is 5.75 Å². The maximum atomic E-state index is 14.1. The number of hydrogen-bond acceptors (Lipinski definition) is 4. The molecule has 9 heteroatoms. The van der Waals surface area contributed by atoms with Gasteiger partial charge in [0.05, 0.1) is 23.7 Å². The monoisotopic (exact) mass is 621 g/mol. The molecule has 226 valence electrons. The molecule has 1 aliphatic heterocycles. The maximum Gasteiger partial charge on any atom is 0.256 e. The SMILES string of the molecule is COc1ccc(C(=O)N(Cc2cccc(C)c2)[C@@H]2CCCC[C@H]2NC(=O)[C@@H]2CCCN2C(=O)c2ccc(Cl)cc2Cl)cc1. The number of carbonyl (C=O) groups is 3. The number of nitrogens with one attached hydrogen (secondary N) is 1. The lowest BCUT2D eigenvalue weighted by Crippen LogP contribution is -2.57. The van der Waals surface area contributed by atoms with E-state index in [4.69, 9.17) is 27.9 Å². The number of likely N-dealkylation sites (tertiary alicyclic amines) is 1. The lowest BCUT2D eigenvalue weighted by molar-refractivity contribution is -0.126. The average Bonchev–Trinajstić information content (AvgIpc) is 3.50. The Balaban J connectivity index is 1.38. The molecule has 5 rings (SSSR count). The average molecular weight is 623 g/mol. The second kappa shape index (κ2) is 13.8. The van der Waals surface area contributed by atoms with Gasteiger partial charge in [-0.3, -0.25) is 14.4 Å². The number of rotatable bonds is 8. The summed E-state index contributed by atoms with van der Waals surface area (Å²) in [5, 5.41) is 3.98. The van der Waals surface area contributed by atoms with Crippen LogP contribution in [0.15, 0.2) is 66.7 Å². The summed E-state index contributed by atoms with van der Waals surface area (Å²) < 4.78 is 5.30. The molecule has 3 atom stereocenters. The van der Waals surface area contributed by atoms with E-state index < -0.39 is 6.04 Å². The number of nitrogens with zero attached hydrogens (tertiary/aromatic N) is 2. The zero-order valence-electron chi connectivity index (χ0n) is 24.5. The third-order valence-electron chi connectivity index (χ3n) is 8.47. The molecule has 1 N–H and O–H groups in total.